The van der Waals surface area contributed by atoms with Gasteiger partial charge in [-0.1, -0.05) is 61.5 Å². The van der Waals surface area contributed by atoms with E-state index in [1.54, 1.807) is 6.92 Å². The van der Waals surface area contributed by atoms with Crippen molar-refractivity contribution >= 4 is 17.7 Å². The summed E-state index contributed by atoms with van der Waals surface area (Å²) in [7, 11) is 0. The van der Waals surface area contributed by atoms with Crippen LogP contribution in [0.2, 0.25) is 0 Å². The Morgan fingerprint density at radius 2 is 2.00 bits per heavy atom. The molecule has 0 radical (unpaired) electrons. The van der Waals surface area contributed by atoms with Gasteiger partial charge in [0.05, 0.1) is 0 Å². The molecule has 3 nitrogen and oxygen atoms in total. The van der Waals surface area contributed by atoms with Gasteiger partial charge in [0.1, 0.15) is 0 Å². The molecule has 1 amide bonds. The molecule has 142 valence electrons. The van der Waals surface area contributed by atoms with Gasteiger partial charge in [0.2, 0.25) is 5.91 Å². The van der Waals surface area contributed by atoms with Crippen LogP contribution in [0.3, 0.4) is 0 Å². The SMILES string of the molecule is CCCNC1CCc2c(cccc2N(CC=Cc2ccccc2)C(C)=O)C1. The van der Waals surface area contributed by atoms with E-state index < -0.39 is 0 Å². The zero-order valence-corrected chi connectivity index (χ0v) is 16.4. The summed E-state index contributed by atoms with van der Waals surface area (Å²) in [5.41, 5.74) is 4.95. The largest absolute Gasteiger partial charge is 0.314 e. The van der Waals surface area contributed by atoms with Crippen molar-refractivity contribution in [3.8, 4) is 0 Å². The van der Waals surface area contributed by atoms with Gasteiger partial charge in [-0.2, -0.15) is 0 Å². The number of carbonyl (C=O) groups is 1. The lowest BCUT2D eigenvalue weighted by molar-refractivity contribution is -0.116. The Hall–Kier alpha value is -2.39. The minimum Gasteiger partial charge on any atom is -0.314 e. The molecule has 1 N–H and O–H groups in total. The zero-order chi connectivity index (χ0) is 19.1. The molecule has 0 aliphatic heterocycles. The molecule has 0 aromatic heterocycles. The van der Waals surface area contributed by atoms with Gasteiger partial charge in [-0.05, 0) is 55.0 Å². The maximum Gasteiger partial charge on any atom is 0.224 e. The highest BCUT2D eigenvalue weighted by Crippen LogP contribution is 2.31. The van der Waals surface area contributed by atoms with E-state index in [-0.39, 0.29) is 5.91 Å². The highest BCUT2D eigenvalue weighted by atomic mass is 16.2. The molecule has 27 heavy (non-hydrogen) atoms. The molecule has 3 rings (SSSR count). The predicted molar refractivity (Wildman–Crippen MR) is 114 cm³/mol. The van der Waals surface area contributed by atoms with Crippen molar-refractivity contribution in [3.63, 3.8) is 0 Å². The molecular weight excluding hydrogens is 332 g/mol. The van der Waals surface area contributed by atoms with Crippen molar-refractivity contribution in [1.82, 2.24) is 5.32 Å². The van der Waals surface area contributed by atoms with Crippen LogP contribution in [0, 0.1) is 0 Å². The summed E-state index contributed by atoms with van der Waals surface area (Å²) >= 11 is 0. The summed E-state index contributed by atoms with van der Waals surface area (Å²) in [6.45, 7) is 5.53. The van der Waals surface area contributed by atoms with E-state index in [1.165, 1.54) is 11.1 Å². The molecule has 0 saturated carbocycles. The van der Waals surface area contributed by atoms with E-state index >= 15 is 0 Å². The number of amides is 1. The van der Waals surface area contributed by atoms with Gasteiger partial charge in [-0.15, -0.1) is 0 Å². The standard InChI is InChI=1S/C24H30N2O/c1-3-16-25-22-14-15-23-21(18-22)12-7-13-24(23)26(19(2)27)17-8-11-20-9-5-4-6-10-20/h4-13,22,25H,3,14-18H2,1-2H3. The molecule has 1 unspecified atom stereocenters. The van der Waals surface area contributed by atoms with Gasteiger partial charge >= 0.3 is 0 Å². The van der Waals surface area contributed by atoms with Gasteiger partial charge in [-0.25, -0.2) is 0 Å². The summed E-state index contributed by atoms with van der Waals surface area (Å²) < 4.78 is 0. The zero-order valence-electron chi connectivity index (χ0n) is 16.4. The second kappa shape index (κ2) is 9.52. The average Bonchev–Trinajstić information content (AvgIpc) is 2.69. The lowest BCUT2D eigenvalue weighted by Crippen LogP contribution is -2.36. The highest BCUT2D eigenvalue weighted by molar-refractivity contribution is 5.93. The van der Waals surface area contributed by atoms with Crippen LogP contribution in [-0.4, -0.2) is 25.0 Å². The first-order chi connectivity index (χ1) is 13.2. The smallest absolute Gasteiger partial charge is 0.224 e. The molecule has 1 aliphatic rings. The quantitative estimate of drug-likeness (QED) is 0.780. The lowest BCUT2D eigenvalue weighted by Gasteiger charge is -2.30. The molecule has 1 atom stereocenters. The number of nitrogens with zero attached hydrogens (tertiary/aromatic N) is 1. The van der Waals surface area contributed by atoms with Crippen molar-refractivity contribution in [3.05, 3.63) is 71.3 Å². The third-order valence-electron chi connectivity index (χ3n) is 5.21. The number of anilines is 1. The van der Waals surface area contributed by atoms with Crippen LogP contribution >= 0.6 is 0 Å². The van der Waals surface area contributed by atoms with Gasteiger partial charge in [0, 0.05) is 25.2 Å². The molecule has 0 fully saturated rings. The maximum absolute atomic E-state index is 12.4. The molecule has 2 aromatic rings. The van der Waals surface area contributed by atoms with Crippen molar-refractivity contribution in [1.29, 1.82) is 0 Å². The number of fused-ring (bicyclic) bond motifs is 1. The third kappa shape index (κ3) is 5.08. The topological polar surface area (TPSA) is 32.3 Å². The van der Waals surface area contributed by atoms with Crippen molar-refractivity contribution in [2.24, 2.45) is 0 Å². The van der Waals surface area contributed by atoms with E-state index in [2.05, 4.69) is 54.7 Å². The lowest BCUT2D eigenvalue weighted by atomic mass is 9.86. The Bertz CT molecular complexity index is 782. The van der Waals surface area contributed by atoms with E-state index in [9.17, 15) is 4.79 Å². The molecule has 3 heteroatoms. The molecule has 1 aliphatic carbocycles. The monoisotopic (exact) mass is 362 g/mol. The molecule has 0 heterocycles. The molecular formula is C24H30N2O. The highest BCUT2D eigenvalue weighted by Gasteiger charge is 2.23. The Morgan fingerprint density at radius 1 is 1.19 bits per heavy atom. The van der Waals surface area contributed by atoms with Crippen LogP contribution in [0.25, 0.3) is 6.08 Å². The average molecular weight is 363 g/mol. The fraction of sp³-hybridized carbons (Fsp3) is 0.375. The summed E-state index contributed by atoms with van der Waals surface area (Å²) in [5.74, 6) is 0.0901. The van der Waals surface area contributed by atoms with Crippen LogP contribution in [0.15, 0.2) is 54.6 Å². The fourth-order valence-electron chi connectivity index (χ4n) is 3.82. The van der Waals surface area contributed by atoms with Crippen molar-refractivity contribution < 1.29 is 4.79 Å². The summed E-state index contributed by atoms with van der Waals surface area (Å²) in [6.07, 6.45) is 8.53. The van der Waals surface area contributed by atoms with Crippen LogP contribution in [-0.2, 0) is 17.6 Å². The predicted octanol–water partition coefficient (Wildman–Crippen LogP) is 4.61. The Balaban J connectivity index is 1.77. The Kier molecular flexibility index (Phi) is 6.83. The Morgan fingerprint density at radius 3 is 2.74 bits per heavy atom. The number of rotatable bonds is 7. The summed E-state index contributed by atoms with van der Waals surface area (Å²) in [5, 5.41) is 3.64. The van der Waals surface area contributed by atoms with Gasteiger partial charge in [-0.3, -0.25) is 4.79 Å². The number of carbonyl (C=O) groups excluding carboxylic acids is 1. The van der Waals surface area contributed by atoms with Crippen molar-refractivity contribution in [2.75, 3.05) is 18.0 Å². The van der Waals surface area contributed by atoms with Crippen LogP contribution in [0.4, 0.5) is 5.69 Å². The van der Waals surface area contributed by atoms with E-state index in [0.717, 1.165) is 43.5 Å². The van der Waals surface area contributed by atoms with Crippen molar-refractivity contribution in [2.45, 2.75) is 45.6 Å². The summed E-state index contributed by atoms with van der Waals surface area (Å²) in [6, 6.07) is 17.2. The van der Waals surface area contributed by atoms with Crippen LogP contribution in [0.5, 0.6) is 0 Å². The van der Waals surface area contributed by atoms with Gasteiger partial charge in [0.25, 0.3) is 0 Å². The van der Waals surface area contributed by atoms with Gasteiger partial charge < -0.3 is 10.2 Å². The van der Waals surface area contributed by atoms with E-state index in [1.807, 2.05) is 23.1 Å². The van der Waals surface area contributed by atoms with Crippen LogP contribution < -0.4 is 10.2 Å². The minimum atomic E-state index is 0.0901. The number of nitrogens with one attached hydrogen (secondary N) is 1. The first-order valence-corrected chi connectivity index (χ1v) is 10.0. The first-order valence-electron chi connectivity index (χ1n) is 10.0. The van der Waals surface area contributed by atoms with Gasteiger partial charge in [0.15, 0.2) is 0 Å². The summed E-state index contributed by atoms with van der Waals surface area (Å²) in [4.78, 5) is 14.3. The number of benzene rings is 2. The van der Waals surface area contributed by atoms with Crippen LogP contribution in [0.1, 0.15) is 43.4 Å². The first kappa shape index (κ1) is 19.4. The Labute approximate surface area is 163 Å². The molecule has 0 spiro atoms. The molecule has 0 bridgehead atoms. The fourth-order valence-corrected chi connectivity index (χ4v) is 3.82. The number of hydrogen-bond acceptors (Lipinski definition) is 2. The van der Waals surface area contributed by atoms with E-state index in [4.69, 9.17) is 0 Å². The number of hydrogen-bond donors (Lipinski definition) is 1. The second-order valence-corrected chi connectivity index (χ2v) is 7.25. The third-order valence-corrected chi connectivity index (χ3v) is 5.21. The minimum absolute atomic E-state index is 0.0901. The maximum atomic E-state index is 12.4. The van der Waals surface area contributed by atoms with E-state index in [0.29, 0.717) is 12.6 Å². The molecule has 2 aromatic carbocycles. The molecule has 0 saturated heterocycles. The second-order valence-electron chi connectivity index (χ2n) is 7.25. The normalized spacial score (nSPS) is 16.3.